The molecule has 0 aliphatic carbocycles. The van der Waals surface area contributed by atoms with E-state index in [4.69, 9.17) is 0 Å². The van der Waals surface area contributed by atoms with Crippen molar-refractivity contribution in [1.82, 2.24) is 4.90 Å². The molecule has 1 aromatic carbocycles. The van der Waals surface area contributed by atoms with Gasteiger partial charge in [-0.3, -0.25) is 8.98 Å². The first-order chi connectivity index (χ1) is 9.03. The minimum atomic E-state index is -3.55. The molecule has 19 heavy (non-hydrogen) atoms. The zero-order valence-corrected chi connectivity index (χ0v) is 11.6. The minimum absolute atomic E-state index is 0.116. The lowest BCUT2D eigenvalue weighted by molar-refractivity contribution is 0.0748. The van der Waals surface area contributed by atoms with Crippen molar-refractivity contribution in [2.75, 3.05) is 19.4 Å². The normalized spacial score (nSPS) is 19.6. The van der Waals surface area contributed by atoms with E-state index >= 15 is 0 Å². The van der Waals surface area contributed by atoms with E-state index in [9.17, 15) is 13.2 Å². The number of likely N-dealkylation sites (tertiary alicyclic amines) is 1. The van der Waals surface area contributed by atoms with Crippen LogP contribution in [0.25, 0.3) is 0 Å². The number of amides is 1. The lowest BCUT2D eigenvalue weighted by Gasteiger charge is -2.24. The van der Waals surface area contributed by atoms with Gasteiger partial charge in [0.25, 0.3) is 16.0 Å². The maximum atomic E-state index is 12.3. The summed E-state index contributed by atoms with van der Waals surface area (Å²) in [6.45, 7) is 0.595. The number of rotatable bonds is 4. The lowest BCUT2D eigenvalue weighted by atomic mass is 10.2. The third-order valence-electron chi connectivity index (χ3n) is 3.31. The molecule has 1 aliphatic heterocycles. The minimum Gasteiger partial charge on any atom is -0.335 e. The Morgan fingerprint density at radius 3 is 2.68 bits per heavy atom. The molecule has 1 atom stereocenters. The van der Waals surface area contributed by atoms with E-state index in [1.807, 2.05) is 6.07 Å². The highest BCUT2D eigenvalue weighted by Crippen LogP contribution is 2.21. The van der Waals surface area contributed by atoms with Gasteiger partial charge in [-0.05, 0) is 25.0 Å². The van der Waals surface area contributed by atoms with Crippen molar-refractivity contribution in [3.8, 4) is 0 Å². The van der Waals surface area contributed by atoms with Gasteiger partial charge in [0, 0.05) is 18.2 Å². The van der Waals surface area contributed by atoms with E-state index < -0.39 is 10.1 Å². The standard InChI is InChI=1S/C13H17NO4S/c1-18-19(16,17)10-12-8-5-9-14(12)13(15)11-6-3-2-4-7-11/h2-4,6-7,12H,5,8-10H2,1H3/t12-/m1/s1. The maximum Gasteiger partial charge on any atom is 0.269 e. The third-order valence-corrected chi connectivity index (χ3v) is 4.61. The average molecular weight is 283 g/mol. The molecule has 5 nitrogen and oxygen atoms in total. The maximum absolute atomic E-state index is 12.3. The van der Waals surface area contributed by atoms with Crippen LogP contribution >= 0.6 is 0 Å². The van der Waals surface area contributed by atoms with Crippen LogP contribution < -0.4 is 0 Å². The van der Waals surface area contributed by atoms with Gasteiger partial charge in [-0.15, -0.1) is 0 Å². The predicted molar refractivity (Wildman–Crippen MR) is 71.3 cm³/mol. The van der Waals surface area contributed by atoms with Crippen molar-refractivity contribution in [2.24, 2.45) is 0 Å². The van der Waals surface area contributed by atoms with Gasteiger partial charge < -0.3 is 4.90 Å². The Hall–Kier alpha value is -1.40. The first kappa shape index (κ1) is 14.0. The summed E-state index contributed by atoms with van der Waals surface area (Å²) in [6, 6.07) is 8.62. The van der Waals surface area contributed by atoms with Gasteiger partial charge in [0.15, 0.2) is 0 Å². The fourth-order valence-electron chi connectivity index (χ4n) is 2.33. The predicted octanol–water partition coefficient (Wildman–Crippen LogP) is 1.27. The molecule has 1 aliphatic rings. The van der Waals surface area contributed by atoms with Gasteiger partial charge in [-0.25, -0.2) is 0 Å². The molecule has 6 heteroatoms. The second-order valence-corrected chi connectivity index (χ2v) is 6.33. The molecular weight excluding hydrogens is 266 g/mol. The lowest BCUT2D eigenvalue weighted by Crippen LogP contribution is -2.39. The summed E-state index contributed by atoms with van der Waals surface area (Å²) in [7, 11) is -2.40. The smallest absolute Gasteiger partial charge is 0.269 e. The number of benzene rings is 1. The molecular formula is C13H17NO4S. The van der Waals surface area contributed by atoms with Gasteiger partial charge in [0.2, 0.25) is 0 Å². The summed E-state index contributed by atoms with van der Waals surface area (Å²) in [5, 5.41) is 0. The zero-order valence-electron chi connectivity index (χ0n) is 10.8. The van der Waals surface area contributed by atoms with Crippen LogP contribution in [0.3, 0.4) is 0 Å². The molecule has 1 aromatic rings. The SMILES string of the molecule is COS(=O)(=O)C[C@H]1CCCN1C(=O)c1ccccc1. The number of hydrogen-bond acceptors (Lipinski definition) is 4. The van der Waals surface area contributed by atoms with E-state index in [1.165, 1.54) is 0 Å². The number of carbonyl (C=O) groups is 1. The average Bonchev–Trinajstić information content (AvgIpc) is 2.86. The Balaban J connectivity index is 2.13. The van der Waals surface area contributed by atoms with E-state index in [1.54, 1.807) is 29.2 Å². The Labute approximate surface area is 113 Å². The van der Waals surface area contributed by atoms with Crippen LogP contribution in [0.15, 0.2) is 30.3 Å². The second kappa shape index (κ2) is 5.71. The summed E-state index contributed by atoms with van der Waals surface area (Å²) in [5.41, 5.74) is 0.587. The largest absolute Gasteiger partial charge is 0.335 e. The quantitative estimate of drug-likeness (QED) is 0.781. The van der Waals surface area contributed by atoms with Crippen LogP contribution in [-0.4, -0.2) is 44.7 Å². The molecule has 1 heterocycles. The molecule has 0 bridgehead atoms. The number of hydrogen-bond donors (Lipinski definition) is 0. The Kier molecular flexibility index (Phi) is 4.21. The molecule has 0 aromatic heterocycles. The summed E-state index contributed by atoms with van der Waals surface area (Å²) >= 11 is 0. The van der Waals surface area contributed by atoms with Gasteiger partial charge in [-0.2, -0.15) is 8.42 Å². The van der Waals surface area contributed by atoms with E-state index in [-0.39, 0.29) is 17.7 Å². The van der Waals surface area contributed by atoms with Crippen LogP contribution in [0.1, 0.15) is 23.2 Å². The Morgan fingerprint density at radius 2 is 2.05 bits per heavy atom. The topological polar surface area (TPSA) is 63.7 Å². The number of nitrogens with zero attached hydrogens (tertiary/aromatic N) is 1. The van der Waals surface area contributed by atoms with Crippen molar-refractivity contribution < 1.29 is 17.4 Å². The van der Waals surface area contributed by atoms with Crippen LogP contribution in [0.4, 0.5) is 0 Å². The molecule has 104 valence electrons. The van der Waals surface area contributed by atoms with E-state index in [2.05, 4.69) is 4.18 Å². The highest BCUT2D eigenvalue weighted by atomic mass is 32.2. The second-order valence-electron chi connectivity index (χ2n) is 4.55. The van der Waals surface area contributed by atoms with Crippen LogP contribution in [0, 0.1) is 0 Å². The van der Waals surface area contributed by atoms with Gasteiger partial charge in [0.05, 0.1) is 12.9 Å². The highest BCUT2D eigenvalue weighted by molar-refractivity contribution is 7.86. The first-order valence-electron chi connectivity index (χ1n) is 6.18. The van der Waals surface area contributed by atoms with Crippen molar-refractivity contribution >= 4 is 16.0 Å². The van der Waals surface area contributed by atoms with Crippen molar-refractivity contribution in [3.63, 3.8) is 0 Å². The van der Waals surface area contributed by atoms with Crippen LogP contribution in [0.2, 0.25) is 0 Å². The first-order valence-corrected chi connectivity index (χ1v) is 7.75. The van der Waals surface area contributed by atoms with Crippen molar-refractivity contribution in [3.05, 3.63) is 35.9 Å². The fourth-order valence-corrected chi connectivity index (χ4v) is 3.28. The van der Waals surface area contributed by atoms with Crippen LogP contribution in [-0.2, 0) is 14.3 Å². The summed E-state index contributed by atoms with van der Waals surface area (Å²) in [6.07, 6.45) is 1.52. The molecule has 1 amide bonds. The summed E-state index contributed by atoms with van der Waals surface area (Å²) in [4.78, 5) is 14.0. The molecule has 0 N–H and O–H groups in total. The summed E-state index contributed by atoms with van der Waals surface area (Å²) in [5.74, 6) is -0.253. The number of carbonyl (C=O) groups excluding carboxylic acids is 1. The van der Waals surface area contributed by atoms with Crippen LogP contribution in [0.5, 0.6) is 0 Å². The zero-order chi connectivity index (χ0) is 13.9. The molecule has 1 saturated heterocycles. The highest BCUT2D eigenvalue weighted by Gasteiger charge is 2.32. The van der Waals surface area contributed by atoms with E-state index in [0.29, 0.717) is 18.5 Å². The fraction of sp³-hybridized carbons (Fsp3) is 0.462. The molecule has 0 unspecified atom stereocenters. The van der Waals surface area contributed by atoms with Crippen molar-refractivity contribution in [2.45, 2.75) is 18.9 Å². The Bertz CT molecular complexity index is 541. The van der Waals surface area contributed by atoms with Gasteiger partial charge >= 0.3 is 0 Å². The third kappa shape index (κ3) is 3.33. The van der Waals surface area contributed by atoms with E-state index in [0.717, 1.165) is 13.5 Å². The Morgan fingerprint density at radius 1 is 1.37 bits per heavy atom. The molecule has 0 saturated carbocycles. The molecule has 0 spiro atoms. The molecule has 2 rings (SSSR count). The van der Waals surface area contributed by atoms with Gasteiger partial charge in [0.1, 0.15) is 0 Å². The van der Waals surface area contributed by atoms with Crippen molar-refractivity contribution in [1.29, 1.82) is 0 Å². The molecule has 0 radical (unpaired) electrons. The summed E-state index contributed by atoms with van der Waals surface area (Å²) < 4.78 is 27.5. The molecule has 1 fully saturated rings. The van der Waals surface area contributed by atoms with Gasteiger partial charge in [-0.1, -0.05) is 18.2 Å². The monoisotopic (exact) mass is 283 g/mol.